The first-order valence-corrected chi connectivity index (χ1v) is 8.67. The predicted octanol–water partition coefficient (Wildman–Crippen LogP) is 3.67. The molecule has 0 saturated carbocycles. The third kappa shape index (κ3) is 6.24. The van der Waals surface area contributed by atoms with Crippen molar-refractivity contribution in [3.05, 3.63) is 76.9 Å². The Morgan fingerprint density at radius 3 is 2.62 bits per heavy atom. The molecular weight excluding hydrogens is 380 g/mol. The van der Waals surface area contributed by atoms with Gasteiger partial charge in [-0.2, -0.15) is 0 Å². The maximum absolute atomic E-state index is 13.6. The second kappa shape index (κ2) is 10.7. The first-order chi connectivity index (χ1) is 14.0. The van der Waals surface area contributed by atoms with E-state index < -0.39 is 17.5 Å². The lowest BCUT2D eigenvalue weighted by molar-refractivity contribution is -0.114. The lowest BCUT2D eigenvalue weighted by Gasteiger charge is -2.10. The zero-order valence-electron chi connectivity index (χ0n) is 16.3. The number of carbonyl (C=O) groups is 1. The monoisotopic (exact) mass is 401 g/mol. The molecule has 1 amide bonds. The van der Waals surface area contributed by atoms with Gasteiger partial charge in [-0.15, -0.1) is 0 Å². The van der Waals surface area contributed by atoms with Crippen molar-refractivity contribution < 1.29 is 23.3 Å². The summed E-state index contributed by atoms with van der Waals surface area (Å²) in [6, 6.07) is 10.4. The number of halogens is 2. The van der Waals surface area contributed by atoms with Gasteiger partial charge >= 0.3 is 0 Å². The lowest BCUT2D eigenvalue weighted by atomic mass is 10.0. The summed E-state index contributed by atoms with van der Waals surface area (Å²) in [6.07, 6.45) is 3.02. The van der Waals surface area contributed by atoms with Crippen molar-refractivity contribution in [2.75, 3.05) is 14.2 Å². The normalized spacial score (nSPS) is 12.2. The van der Waals surface area contributed by atoms with Crippen LogP contribution in [0.1, 0.15) is 23.6 Å². The molecule has 0 radical (unpaired) electrons. The molecule has 0 aromatic heterocycles. The molecule has 0 fully saturated rings. The molecule has 0 aliphatic carbocycles. The van der Waals surface area contributed by atoms with Gasteiger partial charge in [-0.25, -0.2) is 8.78 Å². The number of rotatable bonds is 8. The Kier molecular flexibility index (Phi) is 8.02. The van der Waals surface area contributed by atoms with E-state index in [1.807, 2.05) is 0 Å². The van der Waals surface area contributed by atoms with Crippen LogP contribution >= 0.6 is 0 Å². The van der Waals surface area contributed by atoms with E-state index in [9.17, 15) is 13.6 Å². The van der Waals surface area contributed by atoms with Gasteiger partial charge in [0.05, 0.1) is 5.71 Å². The van der Waals surface area contributed by atoms with Crippen molar-refractivity contribution in [1.82, 2.24) is 5.32 Å². The van der Waals surface area contributed by atoms with Gasteiger partial charge in [0.25, 0.3) is 5.91 Å². The molecule has 2 aromatic rings. The molecule has 2 aromatic carbocycles. The first-order valence-electron chi connectivity index (χ1n) is 8.67. The molecule has 0 aliphatic heterocycles. The molecular formula is C21H21F2N3O3. The lowest BCUT2D eigenvalue weighted by Crippen LogP contribution is -2.29. The van der Waals surface area contributed by atoms with Gasteiger partial charge in [-0.3, -0.25) is 4.79 Å². The molecule has 0 atom stereocenters. The van der Waals surface area contributed by atoms with Gasteiger partial charge in [0.1, 0.15) is 25.4 Å². The van der Waals surface area contributed by atoms with Crippen molar-refractivity contribution in [3.8, 4) is 0 Å². The van der Waals surface area contributed by atoms with E-state index in [2.05, 4.69) is 15.6 Å². The molecule has 1 N–H and O–H groups in total. The number of allylic oxidation sites excluding steroid dienone is 1. The Morgan fingerprint density at radius 1 is 1.17 bits per heavy atom. The average Bonchev–Trinajstić information content (AvgIpc) is 2.71. The van der Waals surface area contributed by atoms with Gasteiger partial charge in [0.15, 0.2) is 5.71 Å². The fourth-order valence-electron chi connectivity index (χ4n) is 2.38. The molecule has 8 heteroatoms. The van der Waals surface area contributed by atoms with Gasteiger partial charge in [0, 0.05) is 29.8 Å². The molecule has 0 unspecified atom stereocenters. The summed E-state index contributed by atoms with van der Waals surface area (Å²) in [5.41, 5.74) is 2.05. The summed E-state index contributed by atoms with van der Waals surface area (Å²) in [4.78, 5) is 22.2. The zero-order chi connectivity index (χ0) is 21.2. The highest BCUT2D eigenvalue weighted by molar-refractivity contribution is 6.45. The van der Waals surface area contributed by atoms with Crippen molar-refractivity contribution in [2.24, 2.45) is 10.3 Å². The minimum Gasteiger partial charge on any atom is -0.398 e. The molecule has 152 valence electrons. The summed E-state index contributed by atoms with van der Waals surface area (Å²) in [5, 5.41) is 10.2. The third-order valence-corrected chi connectivity index (χ3v) is 3.79. The molecule has 0 heterocycles. The number of nitrogens with one attached hydrogen (secondary N) is 1. The molecule has 29 heavy (non-hydrogen) atoms. The Hall–Kier alpha value is -3.55. The second-order valence-electron chi connectivity index (χ2n) is 5.86. The molecule has 6 nitrogen and oxygen atoms in total. The average molecular weight is 401 g/mol. The maximum Gasteiger partial charge on any atom is 0.273 e. The van der Waals surface area contributed by atoms with Crippen LogP contribution in [0.5, 0.6) is 0 Å². The van der Waals surface area contributed by atoms with E-state index in [1.54, 1.807) is 37.3 Å². The minimum absolute atomic E-state index is 0.0754. The number of oxime groups is 2. The van der Waals surface area contributed by atoms with Gasteiger partial charge < -0.3 is 15.0 Å². The van der Waals surface area contributed by atoms with Crippen LogP contribution in [0.4, 0.5) is 8.78 Å². The van der Waals surface area contributed by atoms with E-state index >= 15 is 0 Å². The SMILES string of the molecule is CNC(=O)/C(=N\OC)c1ccccc1CO/N=C(C)/C=C/c1ccc(F)cc1F. The number of hydrogen-bond donors (Lipinski definition) is 1. The van der Waals surface area contributed by atoms with Crippen LogP contribution in [0.15, 0.2) is 58.9 Å². The van der Waals surface area contributed by atoms with E-state index in [0.717, 1.165) is 6.07 Å². The van der Waals surface area contributed by atoms with Crippen molar-refractivity contribution in [1.29, 1.82) is 0 Å². The number of hydrogen-bond acceptors (Lipinski definition) is 5. The smallest absolute Gasteiger partial charge is 0.273 e. The van der Waals surface area contributed by atoms with Gasteiger partial charge in [-0.1, -0.05) is 40.7 Å². The molecule has 0 spiro atoms. The Balaban J connectivity index is 2.11. The number of carbonyl (C=O) groups excluding carboxylic acids is 1. The van der Waals surface area contributed by atoms with Crippen molar-refractivity contribution in [3.63, 3.8) is 0 Å². The quantitative estimate of drug-likeness (QED) is 0.542. The summed E-state index contributed by atoms with van der Waals surface area (Å²) < 4.78 is 26.6. The van der Waals surface area contributed by atoms with Crippen LogP contribution in [-0.4, -0.2) is 31.5 Å². The zero-order valence-corrected chi connectivity index (χ0v) is 16.3. The Labute approximate surface area is 167 Å². The van der Waals surface area contributed by atoms with Gasteiger partial charge in [0.2, 0.25) is 0 Å². The molecule has 0 aliphatic rings. The van der Waals surface area contributed by atoms with Gasteiger partial charge in [-0.05, 0) is 25.1 Å². The number of nitrogens with zero attached hydrogens (tertiary/aromatic N) is 2. The topological polar surface area (TPSA) is 72.3 Å². The fourth-order valence-corrected chi connectivity index (χ4v) is 2.38. The number of likely N-dealkylation sites (N-methyl/N-ethyl adjacent to an activating group) is 1. The number of benzene rings is 2. The summed E-state index contributed by atoms with van der Waals surface area (Å²) >= 11 is 0. The van der Waals surface area contributed by atoms with Crippen LogP contribution in [0.3, 0.4) is 0 Å². The highest BCUT2D eigenvalue weighted by atomic mass is 19.1. The Bertz CT molecular complexity index is 956. The largest absolute Gasteiger partial charge is 0.398 e. The van der Waals surface area contributed by atoms with Crippen LogP contribution in [0.2, 0.25) is 0 Å². The van der Waals surface area contributed by atoms with E-state index in [-0.39, 0.29) is 17.9 Å². The third-order valence-electron chi connectivity index (χ3n) is 3.79. The summed E-state index contributed by atoms with van der Waals surface area (Å²) in [5.74, 6) is -1.70. The van der Waals surface area contributed by atoms with E-state index in [0.29, 0.717) is 16.8 Å². The Morgan fingerprint density at radius 2 is 1.93 bits per heavy atom. The fraction of sp³-hybridized carbons (Fsp3) is 0.190. The van der Waals surface area contributed by atoms with Crippen LogP contribution < -0.4 is 5.32 Å². The first kappa shape index (κ1) is 21.7. The van der Waals surface area contributed by atoms with Crippen LogP contribution in [0.25, 0.3) is 6.08 Å². The highest BCUT2D eigenvalue weighted by Gasteiger charge is 2.17. The number of amides is 1. The highest BCUT2D eigenvalue weighted by Crippen LogP contribution is 2.14. The molecule has 0 saturated heterocycles. The maximum atomic E-state index is 13.6. The molecule has 2 rings (SSSR count). The minimum atomic E-state index is -0.664. The summed E-state index contributed by atoms with van der Waals surface area (Å²) in [6.45, 7) is 1.75. The second-order valence-corrected chi connectivity index (χ2v) is 5.86. The van der Waals surface area contributed by atoms with E-state index in [4.69, 9.17) is 9.68 Å². The molecule has 0 bridgehead atoms. The van der Waals surface area contributed by atoms with Crippen LogP contribution in [0, 0.1) is 11.6 Å². The van der Waals surface area contributed by atoms with Crippen molar-refractivity contribution >= 4 is 23.4 Å². The van der Waals surface area contributed by atoms with E-state index in [1.165, 1.54) is 32.4 Å². The van der Waals surface area contributed by atoms with Crippen molar-refractivity contribution in [2.45, 2.75) is 13.5 Å². The standard InChI is InChI=1S/C21H21F2N3O3/c1-14(8-9-15-10-11-17(22)12-19(15)23)25-29-13-16-6-4-5-7-18(16)20(26-28-3)21(27)24-2/h4-12H,13H2,1-3H3,(H,24,27)/b9-8+,25-14+,26-20-. The summed E-state index contributed by atoms with van der Waals surface area (Å²) in [7, 11) is 2.85. The predicted molar refractivity (Wildman–Crippen MR) is 107 cm³/mol. The van der Waals surface area contributed by atoms with Crippen LogP contribution in [-0.2, 0) is 21.1 Å².